The maximum Gasteiger partial charge on any atom is 0.293 e. The lowest BCUT2D eigenvalue weighted by Crippen LogP contribution is -2.47. The molecule has 2 aromatic carbocycles. The van der Waals surface area contributed by atoms with Crippen molar-refractivity contribution in [2.45, 2.75) is 6.54 Å². The molecular formula is C24H23N5O5. The van der Waals surface area contributed by atoms with Gasteiger partial charge < -0.3 is 24.6 Å². The third-order valence-corrected chi connectivity index (χ3v) is 5.92. The molecule has 0 aliphatic carbocycles. The van der Waals surface area contributed by atoms with Gasteiger partial charge in [-0.05, 0) is 42.0 Å². The van der Waals surface area contributed by atoms with Crippen LogP contribution in [0.1, 0.15) is 15.9 Å². The Morgan fingerprint density at radius 2 is 1.79 bits per heavy atom. The van der Waals surface area contributed by atoms with Crippen LogP contribution in [0.15, 0.2) is 60.8 Å². The molecule has 0 saturated carbocycles. The summed E-state index contributed by atoms with van der Waals surface area (Å²) in [6, 6.07) is 15.8. The van der Waals surface area contributed by atoms with Gasteiger partial charge in [0.05, 0.1) is 4.92 Å². The van der Waals surface area contributed by atoms with Crippen molar-refractivity contribution in [1.29, 1.82) is 0 Å². The first-order valence-electron chi connectivity index (χ1n) is 10.9. The number of nitrogens with zero attached hydrogens (tertiary/aromatic N) is 4. The summed E-state index contributed by atoms with van der Waals surface area (Å²) in [7, 11) is 0. The average Bonchev–Trinajstić information content (AvgIpc) is 3.35. The summed E-state index contributed by atoms with van der Waals surface area (Å²) < 4.78 is 10.6. The van der Waals surface area contributed by atoms with Crippen LogP contribution in [0.4, 0.5) is 17.2 Å². The number of benzene rings is 2. The van der Waals surface area contributed by atoms with Crippen LogP contribution in [0.5, 0.6) is 11.5 Å². The summed E-state index contributed by atoms with van der Waals surface area (Å²) in [5, 5.41) is 14.6. The maximum absolute atomic E-state index is 12.7. The quantitative estimate of drug-likeness (QED) is 0.441. The molecule has 1 saturated heterocycles. The van der Waals surface area contributed by atoms with Crippen molar-refractivity contribution in [1.82, 2.24) is 10.3 Å². The van der Waals surface area contributed by atoms with Crippen LogP contribution >= 0.6 is 0 Å². The van der Waals surface area contributed by atoms with Gasteiger partial charge in [0.15, 0.2) is 11.5 Å². The van der Waals surface area contributed by atoms with Crippen LogP contribution in [-0.2, 0) is 6.54 Å². The third kappa shape index (κ3) is 4.42. The van der Waals surface area contributed by atoms with Gasteiger partial charge in [-0.15, -0.1) is 0 Å². The molecule has 0 spiro atoms. The molecule has 1 N–H and O–H groups in total. The highest BCUT2D eigenvalue weighted by Crippen LogP contribution is 2.33. The van der Waals surface area contributed by atoms with Gasteiger partial charge in [0.25, 0.3) is 11.6 Å². The summed E-state index contributed by atoms with van der Waals surface area (Å²) >= 11 is 0. The second-order valence-electron chi connectivity index (χ2n) is 7.99. The lowest BCUT2D eigenvalue weighted by Gasteiger charge is -2.36. The summed E-state index contributed by atoms with van der Waals surface area (Å²) in [6.45, 7) is 3.08. The van der Waals surface area contributed by atoms with E-state index in [0.29, 0.717) is 43.4 Å². The Labute approximate surface area is 195 Å². The van der Waals surface area contributed by atoms with Crippen LogP contribution in [0, 0.1) is 10.1 Å². The molecule has 10 heteroatoms. The second-order valence-corrected chi connectivity index (χ2v) is 7.99. The molecule has 3 aromatic rings. The van der Waals surface area contributed by atoms with E-state index in [-0.39, 0.29) is 30.5 Å². The molecule has 1 amide bonds. The molecule has 10 nitrogen and oxygen atoms in total. The van der Waals surface area contributed by atoms with E-state index in [4.69, 9.17) is 9.47 Å². The zero-order chi connectivity index (χ0) is 23.5. The number of fused-ring (bicyclic) bond motifs is 1. The van der Waals surface area contributed by atoms with Gasteiger partial charge in [-0.25, -0.2) is 4.98 Å². The smallest absolute Gasteiger partial charge is 0.293 e. The predicted molar refractivity (Wildman–Crippen MR) is 125 cm³/mol. The minimum Gasteiger partial charge on any atom is -0.454 e. The summed E-state index contributed by atoms with van der Waals surface area (Å²) in [5.41, 5.74) is 1.51. The zero-order valence-corrected chi connectivity index (χ0v) is 18.3. The first-order valence-corrected chi connectivity index (χ1v) is 10.9. The van der Waals surface area contributed by atoms with E-state index in [1.54, 1.807) is 30.5 Å². The van der Waals surface area contributed by atoms with Crippen LogP contribution < -0.4 is 24.6 Å². The SMILES string of the molecule is O=C(NCc1ccc2c(c1)OCO2)c1ccc(N2CCN(c3ccccn3)CC2)c([N+](=O)[O-])c1. The normalized spacial score (nSPS) is 14.7. The Morgan fingerprint density at radius 3 is 2.56 bits per heavy atom. The Hall–Kier alpha value is -4.34. The maximum atomic E-state index is 12.7. The fraction of sp³-hybridized carbons (Fsp3) is 0.250. The van der Waals surface area contributed by atoms with E-state index in [1.807, 2.05) is 29.2 Å². The van der Waals surface area contributed by atoms with Crippen molar-refractivity contribution in [3.05, 3.63) is 82.0 Å². The Morgan fingerprint density at radius 1 is 1.00 bits per heavy atom. The van der Waals surface area contributed by atoms with E-state index in [9.17, 15) is 14.9 Å². The fourth-order valence-electron chi connectivity index (χ4n) is 4.13. The van der Waals surface area contributed by atoms with Crippen molar-refractivity contribution < 1.29 is 19.2 Å². The number of aromatic nitrogens is 1. The molecule has 3 heterocycles. The van der Waals surface area contributed by atoms with Gasteiger partial charge in [0, 0.05) is 50.6 Å². The Balaban J connectivity index is 1.26. The van der Waals surface area contributed by atoms with Gasteiger partial charge in [0.2, 0.25) is 6.79 Å². The highest BCUT2D eigenvalue weighted by atomic mass is 16.7. The molecule has 0 bridgehead atoms. The van der Waals surface area contributed by atoms with Crippen LogP contribution in [0.3, 0.4) is 0 Å². The summed E-state index contributed by atoms with van der Waals surface area (Å²) in [5.74, 6) is 1.82. The molecule has 174 valence electrons. The van der Waals surface area contributed by atoms with Crippen LogP contribution in [0.25, 0.3) is 0 Å². The molecule has 5 rings (SSSR count). The first-order chi connectivity index (χ1) is 16.6. The molecule has 1 fully saturated rings. The van der Waals surface area contributed by atoms with Gasteiger partial charge in [0.1, 0.15) is 11.5 Å². The van der Waals surface area contributed by atoms with Crippen LogP contribution in [0.2, 0.25) is 0 Å². The molecule has 1 aromatic heterocycles. The third-order valence-electron chi connectivity index (χ3n) is 5.92. The molecule has 2 aliphatic rings. The summed E-state index contributed by atoms with van der Waals surface area (Å²) in [6.07, 6.45) is 1.75. The number of carbonyl (C=O) groups is 1. The molecular weight excluding hydrogens is 438 g/mol. The second kappa shape index (κ2) is 9.26. The lowest BCUT2D eigenvalue weighted by atomic mass is 10.1. The number of nitro benzene ring substituents is 1. The number of amides is 1. The van der Waals surface area contributed by atoms with Gasteiger partial charge >= 0.3 is 0 Å². The number of nitrogens with one attached hydrogen (secondary N) is 1. The predicted octanol–water partition coefficient (Wildman–Crippen LogP) is 2.98. The number of pyridine rings is 1. The number of rotatable bonds is 6. The van der Waals surface area contributed by atoms with Crippen molar-refractivity contribution in [2.75, 3.05) is 42.8 Å². The van der Waals surface area contributed by atoms with E-state index in [1.165, 1.54) is 6.07 Å². The number of hydrogen-bond donors (Lipinski definition) is 1. The van der Waals surface area contributed by atoms with E-state index in [2.05, 4.69) is 15.2 Å². The highest BCUT2D eigenvalue weighted by molar-refractivity contribution is 5.95. The Bertz CT molecular complexity index is 1210. The van der Waals surface area contributed by atoms with Gasteiger partial charge in [-0.1, -0.05) is 12.1 Å². The number of carbonyl (C=O) groups excluding carboxylic acids is 1. The van der Waals surface area contributed by atoms with Crippen molar-refractivity contribution >= 4 is 23.1 Å². The molecule has 34 heavy (non-hydrogen) atoms. The summed E-state index contributed by atoms with van der Waals surface area (Å²) in [4.78, 5) is 32.6. The fourth-order valence-corrected chi connectivity index (χ4v) is 4.13. The minimum absolute atomic E-state index is 0.0815. The highest BCUT2D eigenvalue weighted by Gasteiger charge is 2.25. The number of anilines is 2. The van der Waals surface area contributed by atoms with Crippen LogP contribution in [-0.4, -0.2) is 48.8 Å². The first kappa shape index (κ1) is 21.5. The molecule has 0 unspecified atom stereocenters. The van der Waals surface area contributed by atoms with Gasteiger partial charge in [-0.2, -0.15) is 0 Å². The number of hydrogen-bond acceptors (Lipinski definition) is 8. The largest absolute Gasteiger partial charge is 0.454 e. The number of ether oxygens (including phenoxy) is 2. The topological polar surface area (TPSA) is 110 Å². The average molecular weight is 461 g/mol. The number of piperazine rings is 1. The van der Waals surface area contributed by atoms with Crippen molar-refractivity contribution in [2.24, 2.45) is 0 Å². The molecule has 0 atom stereocenters. The van der Waals surface area contributed by atoms with Crippen molar-refractivity contribution in [3.8, 4) is 11.5 Å². The molecule has 0 radical (unpaired) electrons. The van der Waals surface area contributed by atoms with E-state index < -0.39 is 4.92 Å². The monoisotopic (exact) mass is 461 g/mol. The molecule has 2 aliphatic heterocycles. The standard InChI is InChI=1S/C24H23N5O5/c30-24(26-15-17-4-7-21-22(13-17)34-16-33-21)18-5-6-19(20(14-18)29(31)32)27-9-11-28(12-10-27)23-3-1-2-8-25-23/h1-8,13-14H,9-12,15-16H2,(H,26,30). The number of nitro groups is 1. The zero-order valence-electron chi connectivity index (χ0n) is 18.3. The minimum atomic E-state index is -0.435. The van der Waals surface area contributed by atoms with E-state index >= 15 is 0 Å². The van der Waals surface area contributed by atoms with E-state index in [0.717, 1.165) is 11.4 Å². The van der Waals surface area contributed by atoms with Gasteiger partial charge in [-0.3, -0.25) is 14.9 Å². The Kier molecular flexibility index (Phi) is 5.86. The lowest BCUT2D eigenvalue weighted by molar-refractivity contribution is -0.384. The van der Waals surface area contributed by atoms with Crippen molar-refractivity contribution in [3.63, 3.8) is 0 Å².